The third-order valence-corrected chi connectivity index (χ3v) is 4.69. The van der Waals surface area contributed by atoms with E-state index in [2.05, 4.69) is 35.2 Å². The molecule has 1 nitrogen and oxygen atoms in total. The molecule has 0 saturated carbocycles. The predicted molar refractivity (Wildman–Crippen MR) is 110 cm³/mol. The molecule has 2 aromatic rings. The van der Waals surface area contributed by atoms with Crippen LogP contribution < -0.4 is 0 Å². The van der Waals surface area contributed by atoms with Gasteiger partial charge in [0, 0.05) is 27.5 Å². The summed E-state index contributed by atoms with van der Waals surface area (Å²) in [6.07, 6.45) is 2.07. The van der Waals surface area contributed by atoms with Crippen molar-refractivity contribution in [3.8, 4) is 0 Å². The molecule has 1 aliphatic heterocycles. The maximum absolute atomic E-state index is 14.3. The minimum absolute atomic E-state index is 0.226. The van der Waals surface area contributed by atoms with Gasteiger partial charge in [0.05, 0.1) is 5.70 Å². The Kier molecular flexibility index (Phi) is 6.37. The van der Waals surface area contributed by atoms with E-state index in [1.54, 1.807) is 6.07 Å². The maximum atomic E-state index is 14.3. The molecule has 0 saturated heterocycles. The number of hydrogen-bond acceptors (Lipinski definition) is 1. The molecule has 3 rings (SSSR count). The summed E-state index contributed by atoms with van der Waals surface area (Å²) in [5, 5.41) is 0. The molecule has 24 heavy (non-hydrogen) atoms. The van der Waals surface area contributed by atoms with E-state index in [0.29, 0.717) is 5.56 Å². The predicted octanol–water partition coefficient (Wildman–Crippen LogP) is 6.50. The Labute approximate surface area is 157 Å². The molecule has 0 aromatic heterocycles. The highest BCUT2D eigenvalue weighted by Gasteiger charge is 2.24. The van der Waals surface area contributed by atoms with Crippen molar-refractivity contribution in [1.29, 1.82) is 0 Å². The zero-order valence-corrected chi connectivity index (χ0v) is 16.3. The van der Waals surface area contributed by atoms with E-state index in [1.165, 1.54) is 6.07 Å². The summed E-state index contributed by atoms with van der Waals surface area (Å²) in [7, 11) is 1.93. The molecule has 0 aliphatic carbocycles. The lowest BCUT2D eigenvalue weighted by Gasteiger charge is -2.31. The number of rotatable bonds is 2. The summed E-state index contributed by atoms with van der Waals surface area (Å²) in [6, 6.07) is 16.9. The summed E-state index contributed by atoms with van der Waals surface area (Å²) in [6.45, 7) is 8.10. The fourth-order valence-corrected chi connectivity index (χ4v) is 3.24. The van der Waals surface area contributed by atoms with E-state index in [-0.39, 0.29) is 5.82 Å². The van der Waals surface area contributed by atoms with Gasteiger partial charge in [-0.2, -0.15) is 0 Å². The lowest BCUT2D eigenvalue weighted by atomic mass is 9.95. The van der Waals surface area contributed by atoms with Crippen LogP contribution >= 0.6 is 22.6 Å². The van der Waals surface area contributed by atoms with Crippen molar-refractivity contribution in [3.05, 3.63) is 93.5 Å². The topological polar surface area (TPSA) is 3.24 Å². The molecule has 0 amide bonds. The largest absolute Gasteiger partial charge is 0.343 e. The van der Waals surface area contributed by atoms with Crippen LogP contribution in [0.3, 0.4) is 0 Å². The fourth-order valence-electron chi connectivity index (χ4n) is 2.57. The van der Waals surface area contributed by atoms with Crippen molar-refractivity contribution in [3.63, 3.8) is 0 Å². The van der Waals surface area contributed by atoms with Crippen molar-refractivity contribution in [2.45, 2.75) is 13.8 Å². The van der Waals surface area contributed by atoms with Crippen molar-refractivity contribution in [2.75, 3.05) is 7.05 Å². The molecule has 0 atom stereocenters. The molecule has 0 bridgehead atoms. The highest BCUT2D eigenvalue weighted by atomic mass is 127. The van der Waals surface area contributed by atoms with Crippen LogP contribution in [0.5, 0.6) is 0 Å². The first-order chi connectivity index (χ1) is 11.6. The maximum Gasteiger partial charge on any atom is 0.132 e. The average molecular weight is 433 g/mol. The number of nitrogens with zero attached hydrogens (tertiary/aromatic N) is 1. The second-order valence-electron chi connectivity index (χ2n) is 5.11. The van der Waals surface area contributed by atoms with Gasteiger partial charge in [-0.15, -0.1) is 0 Å². The summed E-state index contributed by atoms with van der Waals surface area (Å²) in [5.41, 5.74) is 4.37. The van der Waals surface area contributed by atoms with Crippen LogP contribution in [-0.4, -0.2) is 11.9 Å². The van der Waals surface area contributed by atoms with Gasteiger partial charge in [0.2, 0.25) is 0 Å². The smallest absolute Gasteiger partial charge is 0.132 e. The Morgan fingerprint density at radius 2 is 1.54 bits per heavy atom. The Bertz CT molecular complexity index is 790. The molecule has 3 heteroatoms. The van der Waals surface area contributed by atoms with Gasteiger partial charge < -0.3 is 4.90 Å². The van der Waals surface area contributed by atoms with Gasteiger partial charge in [0.1, 0.15) is 5.82 Å². The second kappa shape index (κ2) is 8.29. The monoisotopic (exact) mass is 433 g/mol. The normalized spacial score (nSPS) is 14.1. The van der Waals surface area contributed by atoms with Crippen molar-refractivity contribution in [1.82, 2.24) is 4.90 Å². The molecule has 2 aromatic carbocycles. The fraction of sp³-hybridized carbons (Fsp3) is 0.143. The SMILES string of the molecule is C=C1C(I)=CC(c2ccccc2)=C(c2ccccc2F)N1C.CC. The molecular formula is C21H21FIN. The first kappa shape index (κ1) is 18.5. The van der Waals surface area contributed by atoms with E-state index in [9.17, 15) is 4.39 Å². The molecular weight excluding hydrogens is 412 g/mol. The van der Waals surface area contributed by atoms with Gasteiger partial charge >= 0.3 is 0 Å². The quantitative estimate of drug-likeness (QED) is 0.489. The summed E-state index contributed by atoms with van der Waals surface area (Å²) in [5.74, 6) is -0.226. The molecule has 124 valence electrons. The summed E-state index contributed by atoms with van der Waals surface area (Å²) >= 11 is 2.27. The molecule has 0 spiro atoms. The van der Waals surface area contributed by atoms with Crippen molar-refractivity contribution < 1.29 is 4.39 Å². The third-order valence-electron chi connectivity index (χ3n) is 3.76. The van der Waals surface area contributed by atoms with E-state index >= 15 is 0 Å². The number of allylic oxidation sites excluding steroid dienone is 3. The molecule has 0 unspecified atom stereocenters. The zero-order chi connectivity index (χ0) is 17.7. The van der Waals surface area contributed by atoms with Gasteiger partial charge in [0.25, 0.3) is 0 Å². The van der Waals surface area contributed by atoms with Gasteiger partial charge in [-0.3, -0.25) is 0 Å². The van der Waals surface area contributed by atoms with Crippen LogP contribution in [0.4, 0.5) is 4.39 Å². The Morgan fingerprint density at radius 1 is 0.958 bits per heavy atom. The second-order valence-corrected chi connectivity index (χ2v) is 6.27. The van der Waals surface area contributed by atoms with Crippen molar-refractivity contribution in [2.24, 2.45) is 0 Å². The third kappa shape index (κ3) is 3.61. The molecule has 0 N–H and O–H groups in total. The number of halogens is 2. The molecule has 0 fully saturated rings. The van der Waals surface area contributed by atoms with Crippen LogP contribution in [0.15, 0.2) is 76.5 Å². The number of likely N-dealkylation sites (N-methyl/N-ethyl adjacent to an activating group) is 1. The van der Waals surface area contributed by atoms with Crippen molar-refractivity contribution >= 4 is 33.9 Å². The number of hydrogen-bond donors (Lipinski definition) is 0. The highest BCUT2D eigenvalue weighted by molar-refractivity contribution is 14.1. The van der Waals surface area contributed by atoms with Crippen LogP contribution in [0, 0.1) is 5.82 Å². The summed E-state index contributed by atoms with van der Waals surface area (Å²) in [4.78, 5) is 1.96. The van der Waals surface area contributed by atoms with Gasteiger partial charge in [0.15, 0.2) is 0 Å². The molecule has 1 heterocycles. The van der Waals surface area contributed by atoms with Crippen LogP contribution in [0.25, 0.3) is 11.3 Å². The van der Waals surface area contributed by atoms with E-state index in [1.807, 2.05) is 68.3 Å². The van der Waals surface area contributed by atoms with Crippen LogP contribution in [0.1, 0.15) is 25.0 Å². The van der Waals surface area contributed by atoms with E-state index in [4.69, 9.17) is 0 Å². The Morgan fingerprint density at radius 3 is 2.17 bits per heavy atom. The Hall–Kier alpha value is -1.88. The van der Waals surface area contributed by atoms with Gasteiger partial charge in [-0.1, -0.05) is 62.9 Å². The first-order valence-corrected chi connectivity index (χ1v) is 9.02. The minimum Gasteiger partial charge on any atom is -0.343 e. The number of benzene rings is 2. The average Bonchev–Trinajstić information content (AvgIpc) is 2.63. The first-order valence-electron chi connectivity index (χ1n) is 7.94. The van der Waals surface area contributed by atoms with E-state index in [0.717, 1.165) is 26.1 Å². The Balaban J connectivity index is 0.00000100. The lowest BCUT2D eigenvalue weighted by molar-refractivity contribution is 0.588. The minimum atomic E-state index is -0.226. The lowest BCUT2D eigenvalue weighted by Crippen LogP contribution is -2.20. The van der Waals surface area contributed by atoms with Crippen LogP contribution in [0.2, 0.25) is 0 Å². The van der Waals surface area contributed by atoms with Gasteiger partial charge in [-0.25, -0.2) is 4.39 Å². The van der Waals surface area contributed by atoms with Gasteiger partial charge in [-0.05, 0) is 46.4 Å². The summed E-state index contributed by atoms with van der Waals surface area (Å²) < 4.78 is 15.4. The molecule has 0 radical (unpaired) electrons. The standard InChI is InChI=1S/C19H15FIN.C2H6/c1-13-18(21)12-16(14-8-4-3-5-9-14)19(22(13)2)15-10-6-7-11-17(15)20;1-2/h3-12H,1H2,2H3;1-2H3. The zero-order valence-electron chi connectivity index (χ0n) is 14.2. The molecule has 1 aliphatic rings. The van der Waals surface area contributed by atoms with Crippen LogP contribution in [-0.2, 0) is 0 Å². The van der Waals surface area contributed by atoms with E-state index < -0.39 is 0 Å². The highest BCUT2D eigenvalue weighted by Crippen LogP contribution is 2.40.